The lowest BCUT2D eigenvalue weighted by molar-refractivity contribution is -0.156. The molecule has 3 saturated carbocycles. The van der Waals surface area contributed by atoms with Crippen LogP contribution in [0.1, 0.15) is 51.4 Å². The standard InChI is InChI=1S/C18H25NO5/c20-12-8-13(21)16(22)14-10(12)6-7-11-15(14)18(24)19(17(11)23)9-4-2-1-3-5-9/h9-11,13-16,21-22H,1-8H2/t10-,11-,13-,14-,15-,16-/m1/s1. The molecule has 0 aromatic rings. The number of amides is 2. The molecule has 2 N–H and O–H groups in total. The number of imide groups is 1. The van der Waals surface area contributed by atoms with Crippen molar-refractivity contribution in [2.75, 3.05) is 0 Å². The maximum atomic E-state index is 13.1. The van der Waals surface area contributed by atoms with Gasteiger partial charge in [0.05, 0.1) is 24.0 Å². The van der Waals surface area contributed by atoms with E-state index in [-0.39, 0.29) is 30.1 Å². The Balaban J connectivity index is 1.65. The Morgan fingerprint density at radius 2 is 1.50 bits per heavy atom. The fourth-order valence-electron chi connectivity index (χ4n) is 5.57. The van der Waals surface area contributed by atoms with Gasteiger partial charge in [0.2, 0.25) is 11.8 Å². The first-order valence-electron chi connectivity index (χ1n) is 9.26. The van der Waals surface area contributed by atoms with Gasteiger partial charge in [0.25, 0.3) is 0 Å². The van der Waals surface area contributed by atoms with E-state index in [9.17, 15) is 24.6 Å². The summed E-state index contributed by atoms with van der Waals surface area (Å²) in [7, 11) is 0. The normalized spacial score (nSPS) is 43.8. The van der Waals surface area contributed by atoms with Gasteiger partial charge in [0.15, 0.2) is 0 Å². The van der Waals surface area contributed by atoms with Crippen molar-refractivity contribution in [2.45, 2.75) is 69.6 Å². The first kappa shape index (κ1) is 16.2. The molecule has 0 spiro atoms. The van der Waals surface area contributed by atoms with Gasteiger partial charge in [-0.05, 0) is 25.7 Å². The Bertz CT molecular complexity index is 570. The van der Waals surface area contributed by atoms with Crippen molar-refractivity contribution in [3.05, 3.63) is 0 Å². The third-order valence-corrected chi connectivity index (χ3v) is 6.73. The lowest BCUT2D eigenvalue weighted by Gasteiger charge is -2.44. The molecule has 6 heteroatoms. The van der Waals surface area contributed by atoms with Gasteiger partial charge in [0, 0.05) is 24.3 Å². The highest BCUT2D eigenvalue weighted by Crippen LogP contribution is 2.50. The zero-order valence-corrected chi connectivity index (χ0v) is 13.8. The highest BCUT2D eigenvalue weighted by molar-refractivity contribution is 6.06. The van der Waals surface area contributed by atoms with Crippen molar-refractivity contribution < 1.29 is 24.6 Å². The summed E-state index contributed by atoms with van der Waals surface area (Å²) < 4.78 is 0. The van der Waals surface area contributed by atoms with Crippen LogP contribution in [0, 0.1) is 23.7 Å². The van der Waals surface area contributed by atoms with Crippen LogP contribution in [0.2, 0.25) is 0 Å². The molecule has 24 heavy (non-hydrogen) atoms. The van der Waals surface area contributed by atoms with Gasteiger partial charge in [-0.15, -0.1) is 0 Å². The molecule has 4 fully saturated rings. The van der Waals surface area contributed by atoms with E-state index in [0.29, 0.717) is 12.8 Å². The van der Waals surface area contributed by atoms with E-state index >= 15 is 0 Å². The van der Waals surface area contributed by atoms with E-state index in [0.717, 1.165) is 32.1 Å². The molecule has 1 heterocycles. The number of fused-ring (bicyclic) bond motifs is 3. The van der Waals surface area contributed by atoms with Gasteiger partial charge < -0.3 is 10.2 Å². The second-order valence-corrected chi connectivity index (χ2v) is 7.96. The van der Waals surface area contributed by atoms with Crippen LogP contribution in [0.25, 0.3) is 0 Å². The summed E-state index contributed by atoms with van der Waals surface area (Å²) in [6.45, 7) is 0. The molecule has 0 aromatic carbocycles. The number of hydrogen-bond acceptors (Lipinski definition) is 5. The van der Waals surface area contributed by atoms with Crippen LogP contribution < -0.4 is 0 Å². The zero-order chi connectivity index (χ0) is 17.0. The number of aliphatic hydroxyl groups excluding tert-OH is 2. The van der Waals surface area contributed by atoms with Crippen LogP contribution in [0.5, 0.6) is 0 Å². The number of carbonyl (C=O) groups is 3. The second kappa shape index (κ2) is 5.92. The average molecular weight is 335 g/mol. The summed E-state index contributed by atoms with van der Waals surface area (Å²) in [5.41, 5.74) is 0. The molecule has 4 aliphatic rings. The Labute approximate surface area is 141 Å². The van der Waals surface area contributed by atoms with Gasteiger partial charge >= 0.3 is 0 Å². The van der Waals surface area contributed by atoms with Crippen molar-refractivity contribution in [1.82, 2.24) is 4.90 Å². The first-order chi connectivity index (χ1) is 11.5. The van der Waals surface area contributed by atoms with Crippen molar-refractivity contribution in [3.63, 3.8) is 0 Å². The van der Waals surface area contributed by atoms with Crippen molar-refractivity contribution >= 4 is 17.6 Å². The molecular formula is C18H25NO5. The van der Waals surface area contributed by atoms with E-state index in [1.165, 1.54) is 4.90 Å². The maximum absolute atomic E-state index is 13.1. The highest BCUT2D eigenvalue weighted by atomic mass is 16.3. The quantitative estimate of drug-likeness (QED) is 0.686. The Kier molecular flexibility index (Phi) is 4.00. The fourth-order valence-corrected chi connectivity index (χ4v) is 5.57. The van der Waals surface area contributed by atoms with Crippen molar-refractivity contribution in [3.8, 4) is 0 Å². The molecule has 6 atom stereocenters. The number of hydrogen-bond donors (Lipinski definition) is 2. The molecule has 132 valence electrons. The second-order valence-electron chi connectivity index (χ2n) is 7.96. The Hall–Kier alpha value is -1.27. The molecule has 0 radical (unpaired) electrons. The van der Waals surface area contributed by atoms with E-state index in [4.69, 9.17) is 0 Å². The summed E-state index contributed by atoms with van der Waals surface area (Å²) >= 11 is 0. The number of ketones is 1. The summed E-state index contributed by atoms with van der Waals surface area (Å²) in [5, 5.41) is 20.4. The van der Waals surface area contributed by atoms with Crippen molar-refractivity contribution in [2.24, 2.45) is 23.7 Å². The monoisotopic (exact) mass is 335 g/mol. The molecule has 0 aromatic heterocycles. The molecule has 0 unspecified atom stereocenters. The van der Waals surface area contributed by atoms with Gasteiger partial charge in [-0.25, -0.2) is 0 Å². The molecular weight excluding hydrogens is 310 g/mol. The molecule has 1 saturated heterocycles. The molecule has 6 nitrogen and oxygen atoms in total. The molecule has 4 rings (SSSR count). The minimum atomic E-state index is -1.12. The van der Waals surface area contributed by atoms with Crippen LogP contribution >= 0.6 is 0 Å². The Morgan fingerprint density at radius 1 is 0.833 bits per heavy atom. The predicted molar refractivity (Wildman–Crippen MR) is 83.6 cm³/mol. The lowest BCUT2D eigenvalue weighted by Crippen LogP contribution is -2.54. The van der Waals surface area contributed by atoms with Crippen LogP contribution in [0.15, 0.2) is 0 Å². The number of aliphatic hydroxyl groups is 2. The van der Waals surface area contributed by atoms with Gasteiger partial charge in [-0.2, -0.15) is 0 Å². The summed E-state index contributed by atoms with van der Waals surface area (Å²) in [4.78, 5) is 39.7. The summed E-state index contributed by atoms with van der Waals surface area (Å²) in [6.07, 6.45) is 3.72. The number of Topliss-reactive ketones (excluding diaryl/α,β-unsaturated/α-hetero) is 1. The molecule has 0 bridgehead atoms. The van der Waals surface area contributed by atoms with Crippen molar-refractivity contribution in [1.29, 1.82) is 0 Å². The van der Waals surface area contributed by atoms with E-state index in [1.807, 2.05) is 0 Å². The number of likely N-dealkylation sites (tertiary alicyclic amines) is 1. The van der Waals surface area contributed by atoms with E-state index in [2.05, 4.69) is 0 Å². The van der Waals surface area contributed by atoms with E-state index < -0.39 is 35.9 Å². The number of nitrogens with zero attached hydrogens (tertiary/aromatic N) is 1. The molecule has 1 aliphatic heterocycles. The fraction of sp³-hybridized carbons (Fsp3) is 0.833. The maximum Gasteiger partial charge on any atom is 0.233 e. The summed E-state index contributed by atoms with van der Waals surface area (Å²) in [5.74, 6) is -2.46. The van der Waals surface area contributed by atoms with Gasteiger partial charge in [-0.3, -0.25) is 19.3 Å². The van der Waals surface area contributed by atoms with Crippen LogP contribution in [-0.4, -0.2) is 51.0 Å². The number of carbonyl (C=O) groups excluding carboxylic acids is 3. The average Bonchev–Trinajstić information content (AvgIpc) is 2.84. The Morgan fingerprint density at radius 3 is 2.21 bits per heavy atom. The highest BCUT2D eigenvalue weighted by Gasteiger charge is 2.60. The molecule has 2 amide bonds. The van der Waals surface area contributed by atoms with Crippen LogP contribution in [0.4, 0.5) is 0 Å². The zero-order valence-electron chi connectivity index (χ0n) is 13.8. The minimum Gasteiger partial charge on any atom is -0.390 e. The first-order valence-corrected chi connectivity index (χ1v) is 9.26. The topological polar surface area (TPSA) is 94.9 Å². The van der Waals surface area contributed by atoms with Gasteiger partial charge in [-0.1, -0.05) is 19.3 Å². The lowest BCUT2D eigenvalue weighted by atomic mass is 9.60. The smallest absolute Gasteiger partial charge is 0.233 e. The minimum absolute atomic E-state index is 0.0239. The third-order valence-electron chi connectivity index (χ3n) is 6.73. The number of rotatable bonds is 1. The van der Waals surface area contributed by atoms with E-state index in [1.54, 1.807) is 0 Å². The summed E-state index contributed by atoms with van der Waals surface area (Å²) in [6, 6.07) is -0.0239. The largest absolute Gasteiger partial charge is 0.390 e. The van der Waals surface area contributed by atoms with Crippen LogP contribution in [-0.2, 0) is 14.4 Å². The predicted octanol–water partition coefficient (Wildman–Crippen LogP) is 0.641. The SMILES string of the molecule is O=C1C[C@@H](O)[C@@H](O)[C@H]2[C@@H]3C(=O)N(C4CCCCC4)C(=O)[C@@H]3CC[C@H]12. The molecule has 3 aliphatic carbocycles. The third kappa shape index (κ3) is 2.26. The van der Waals surface area contributed by atoms with Crippen LogP contribution in [0.3, 0.4) is 0 Å². The van der Waals surface area contributed by atoms with Gasteiger partial charge in [0.1, 0.15) is 5.78 Å².